The van der Waals surface area contributed by atoms with Gasteiger partial charge in [0.05, 0.1) is 19.1 Å². The topological polar surface area (TPSA) is 110 Å². The van der Waals surface area contributed by atoms with Gasteiger partial charge in [0, 0.05) is 10.8 Å². The van der Waals surface area contributed by atoms with Crippen LogP contribution >= 0.6 is 0 Å². The largest absolute Gasteiger partial charge is 0.481 e. The second-order valence-electron chi connectivity index (χ2n) is 15.0. The molecule has 4 aliphatic carbocycles. The van der Waals surface area contributed by atoms with Gasteiger partial charge in [0.1, 0.15) is 6.10 Å². The summed E-state index contributed by atoms with van der Waals surface area (Å²) >= 11 is 0. The zero-order valence-electron chi connectivity index (χ0n) is 26.5. The maximum Gasteiger partial charge on any atom is 0.417 e. The third kappa shape index (κ3) is 4.78. The number of aliphatic carboxylic acids is 1. The van der Waals surface area contributed by atoms with E-state index in [-0.39, 0.29) is 34.2 Å². The van der Waals surface area contributed by atoms with Gasteiger partial charge in [-0.15, -0.1) is 0 Å². The predicted octanol–water partition coefficient (Wildman–Crippen LogP) is 6.48. The monoisotopic (exact) mass is 572 g/mol. The molecule has 2 fully saturated rings. The van der Waals surface area contributed by atoms with Gasteiger partial charge >= 0.3 is 17.9 Å². The molecule has 2 N–H and O–H groups in total. The summed E-state index contributed by atoms with van der Waals surface area (Å²) in [4.78, 5) is 36.8. The Morgan fingerprint density at radius 2 is 1.66 bits per heavy atom. The highest BCUT2D eigenvalue weighted by Gasteiger charge is 2.67. The second kappa shape index (κ2) is 10.8. The number of hydrogen-bond donors (Lipinski definition) is 2. The summed E-state index contributed by atoms with van der Waals surface area (Å²) in [6.45, 7) is 19.5. The van der Waals surface area contributed by atoms with Crippen LogP contribution in [0.2, 0.25) is 0 Å². The van der Waals surface area contributed by atoms with E-state index in [0.717, 1.165) is 37.7 Å². The van der Waals surface area contributed by atoms with Crippen molar-refractivity contribution < 1.29 is 34.1 Å². The van der Waals surface area contributed by atoms with Gasteiger partial charge in [-0.3, -0.25) is 4.79 Å². The maximum absolute atomic E-state index is 12.7. The first-order valence-electron chi connectivity index (χ1n) is 15.6. The van der Waals surface area contributed by atoms with Gasteiger partial charge in [-0.05, 0) is 86.4 Å². The lowest BCUT2D eigenvalue weighted by molar-refractivity contribution is -0.182. The van der Waals surface area contributed by atoms with E-state index in [1.807, 2.05) is 0 Å². The van der Waals surface area contributed by atoms with Crippen LogP contribution in [0.1, 0.15) is 106 Å². The van der Waals surface area contributed by atoms with Crippen LogP contribution in [0.4, 0.5) is 0 Å². The van der Waals surface area contributed by atoms with Crippen molar-refractivity contribution in [1.29, 1.82) is 0 Å². The molecule has 8 atom stereocenters. The summed E-state index contributed by atoms with van der Waals surface area (Å²) in [6, 6.07) is 0. The first-order valence-corrected chi connectivity index (χ1v) is 15.6. The van der Waals surface area contributed by atoms with Crippen LogP contribution in [0, 0.1) is 45.3 Å². The van der Waals surface area contributed by atoms with Gasteiger partial charge in [0.15, 0.2) is 0 Å². The molecule has 0 bridgehead atoms. The fraction of sp³-hybridized carbons (Fsp3) is 0.794. The van der Waals surface area contributed by atoms with Crippen molar-refractivity contribution in [1.82, 2.24) is 0 Å². The van der Waals surface area contributed by atoms with E-state index in [9.17, 15) is 24.6 Å². The zero-order valence-corrected chi connectivity index (χ0v) is 26.5. The lowest BCUT2D eigenvalue weighted by Gasteiger charge is -2.62. The highest BCUT2D eigenvalue weighted by atomic mass is 16.6. The molecule has 0 aromatic carbocycles. The number of carbonyl (C=O) groups excluding carboxylic acids is 2. The third-order valence-electron chi connectivity index (χ3n) is 12.8. The van der Waals surface area contributed by atoms with Gasteiger partial charge in [0.2, 0.25) is 0 Å². The Balaban J connectivity index is 1.66. The molecule has 4 rings (SSSR count). The number of carboxylic acid groups (broad SMARTS) is 1. The van der Waals surface area contributed by atoms with Crippen molar-refractivity contribution in [3.05, 3.63) is 23.3 Å². The second-order valence-corrected chi connectivity index (χ2v) is 15.0. The standard InChI is InChI=1S/C34H52O7/c1-19(2)20(3)10-11-21(28(36)37)24-18-26(35)34(8)23-12-13-25-31(4,5)27(41-30(39)29(38)40-9)15-16-32(25,6)22(23)14-17-33(24,34)7/h19,21,24-27,35H,3,10-18H2,1-2,4-9H3,(H,36,37)/t21-,24-,25+,26+,27+,32-,33-,34-/m1/s1. The van der Waals surface area contributed by atoms with Crippen LogP contribution in [0.5, 0.6) is 0 Å². The normalized spacial score (nSPS) is 38.4. The average Bonchev–Trinajstić information content (AvgIpc) is 3.10. The van der Waals surface area contributed by atoms with E-state index in [2.05, 4.69) is 59.8 Å². The molecule has 0 radical (unpaired) electrons. The van der Waals surface area contributed by atoms with Crippen LogP contribution in [0.25, 0.3) is 0 Å². The van der Waals surface area contributed by atoms with E-state index in [4.69, 9.17) is 4.74 Å². The number of allylic oxidation sites excluding steroid dienone is 2. The van der Waals surface area contributed by atoms with Crippen LogP contribution < -0.4 is 0 Å². The fourth-order valence-corrected chi connectivity index (χ4v) is 9.95. The lowest BCUT2D eigenvalue weighted by atomic mass is 9.43. The summed E-state index contributed by atoms with van der Waals surface area (Å²) in [7, 11) is 1.18. The van der Waals surface area contributed by atoms with Crippen LogP contribution in [0.15, 0.2) is 23.3 Å². The first kappa shape index (κ1) is 31.8. The summed E-state index contributed by atoms with van der Waals surface area (Å²) in [5.41, 5.74) is 2.59. The van der Waals surface area contributed by atoms with Crippen molar-refractivity contribution in [3.63, 3.8) is 0 Å². The Morgan fingerprint density at radius 3 is 2.24 bits per heavy atom. The number of carboxylic acids is 1. The Kier molecular flexibility index (Phi) is 8.40. The molecule has 0 aromatic heterocycles. The Morgan fingerprint density at radius 1 is 1.00 bits per heavy atom. The van der Waals surface area contributed by atoms with Gasteiger partial charge in [-0.25, -0.2) is 9.59 Å². The molecule has 41 heavy (non-hydrogen) atoms. The molecule has 2 saturated carbocycles. The SMILES string of the molecule is C=C(CC[C@@H](C(=O)O)[C@H]1C[C@H](O)[C@@]2(C)C3=C(CC[C@]12C)[C@@]1(C)CC[C@H](OC(=O)C(=O)OC)C(C)(C)[C@@H]1CC3)C(C)C. The molecular formula is C34H52O7. The molecule has 0 spiro atoms. The summed E-state index contributed by atoms with van der Waals surface area (Å²) in [6.07, 6.45) is 5.75. The number of hydrogen-bond acceptors (Lipinski definition) is 6. The number of esters is 2. The molecule has 7 nitrogen and oxygen atoms in total. The molecule has 0 heterocycles. The van der Waals surface area contributed by atoms with Crippen LogP contribution in [-0.2, 0) is 23.9 Å². The third-order valence-corrected chi connectivity index (χ3v) is 12.8. The number of aliphatic hydroxyl groups is 1. The van der Waals surface area contributed by atoms with Crippen molar-refractivity contribution in [2.24, 2.45) is 45.3 Å². The van der Waals surface area contributed by atoms with Crippen molar-refractivity contribution in [3.8, 4) is 0 Å². The molecular weight excluding hydrogens is 520 g/mol. The molecule has 7 heteroatoms. The lowest BCUT2D eigenvalue weighted by Crippen LogP contribution is -2.57. The average molecular weight is 573 g/mol. The smallest absolute Gasteiger partial charge is 0.417 e. The van der Waals surface area contributed by atoms with Gasteiger partial charge < -0.3 is 19.7 Å². The predicted molar refractivity (Wildman–Crippen MR) is 157 cm³/mol. The van der Waals surface area contributed by atoms with E-state index in [1.165, 1.54) is 18.3 Å². The molecule has 230 valence electrons. The molecule has 0 aromatic rings. The minimum Gasteiger partial charge on any atom is -0.481 e. The van der Waals surface area contributed by atoms with E-state index in [1.54, 1.807) is 0 Å². The first-order chi connectivity index (χ1) is 19.0. The number of fused-ring (bicyclic) bond motifs is 4. The highest BCUT2D eigenvalue weighted by molar-refractivity contribution is 6.29. The molecule has 0 aliphatic heterocycles. The number of methoxy groups -OCH3 is 1. The van der Waals surface area contributed by atoms with Gasteiger partial charge in [0.25, 0.3) is 0 Å². The van der Waals surface area contributed by atoms with Crippen molar-refractivity contribution in [2.75, 3.05) is 7.11 Å². The Bertz CT molecular complexity index is 1130. The summed E-state index contributed by atoms with van der Waals surface area (Å²) in [5.74, 6) is -2.73. The molecule has 0 amide bonds. The maximum atomic E-state index is 12.7. The number of aliphatic hydroxyl groups excluding tert-OH is 1. The van der Waals surface area contributed by atoms with E-state index < -0.39 is 35.3 Å². The molecule has 0 unspecified atom stereocenters. The quantitative estimate of drug-likeness (QED) is 0.204. The zero-order chi connectivity index (χ0) is 30.7. The number of carbonyl (C=O) groups is 3. The minimum absolute atomic E-state index is 0.107. The number of rotatable bonds is 7. The van der Waals surface area contributed by atoms with Crippen LogP contribution in [-0.4, -0.2) is 47.4 Å². The van der Waals surface area contributed by atoms with E-state index >= 15 is 0 Å². The van der Waals surface area contributed by atoms with Crippen molar-refractivity contribution in [2.45, 2.75) is 118 Å². The van der Waals surface area contributed by atoms with Gasteiger partial charge in [-0.1, -0.05) is 71.8 Å². The minimum atomic E-state index is -0.972. The fourth-order valence-electron chi connectivity index (χ4n) is 9.95. The molecule has 4 aliphatic rings. The Hall–Kier alpha value is -2.15. The Labute approximate surface area is 246 Å². The van der Waals surface area contributed by atoms with E-state index in [0.29, 0.717) is 31.6 Å². The molecule has 0 saturated heterocycles. The van der Waals surface area contributed by atoms with Crippen molar-refractivity contribution >= 4 is 17.9 Å². The highest BCUT2D eigenvalue weighted by Crippen LogP contribution is 2.72. The van der Waals surface area contributed by atoms with Crippen LogP contribution in [0.3, 0.4) is 0 Å². The summed E-state index contributed by atoms with van der Waals surface area (Å²) < 4.78 is 10.3. The number of ether oxygens (including phenoxy) is 2. The summed E-state index contributed by atoms with van der Waals surface area (Å²) in [5, 5.41) is 22.2. The van der Waals surface area contributed by atoms with Gasteiger partial charge in [-0.2, -0.15) is 0 Å².